The molecule has 1 atom stereocenters. The van der Waals surface area contributed by atoms with Crippen molar-refractivity contribution in [3.8, 4) is 12.3 Å². The van der Waals surface area contributed by atoms with Crippen LogP contribution in [0.5, 0.6) is 0 Å². The zero-order chi connectivity index (χ0) is 11.6. The van der Waals surface area contributed by atoms with Crippen LogP contribution < -0.4 is 5.73 Å². The Morgan fingerprint density at radius 1 is 1.07 bits per heavy atom. The van der Waals surface area contributed by atoms with Crippen molar-refractivity contribution in [2.75, 3.05) is 0 Å². The molecule has 1 nitrogen and oxygen atoms in total. The second kappa shape index (κ2) is 4.09. The molecule has 0 bridgehead atoms. The van der Waals surface area contributed by atoms with E-state index in [1.165, 1.54) is 0 Å². The van der Waals surface area contributed by atoms with Crippen LogP contribution in [0.2, 0.25) is 0 Å². The molecule has 0 fully saturated rings. The lowest BCUT2D eigenvalue weighted by atomic mass is 9.97. The van der Waals surface area contributed by atoms with Crippen molar-refractivity contribution in [2.24, 2.45) is 11.7 Å². The van der Waals surface area contributed by atoms with Gasteiger partial charge in [-0.25, -0.2) is 0 Å². The summed E-state index contributed by atoms with van der Waals surface area (Å²) in [4.78, 5) is 0. The lowest BCUT2D eigenvalue weighted by Crippen LogP contribution is -2.48. The minimum Gasteiger partial charge on any atom is -0.326 e. The number of rotatable bonds is 2. The summed E-state index contributed by atoms with van der Waals surface area (Å²) in [6, 6.07) is -2.15. The fraction of sp³-hybridized carbons (Fsp3) is 0.714. The van der Waals surface area contributed by atoms with Gasteiger partial charge < -0.3 is 5.73 Å². The van der Waals surface area contributed by atoms with Crippen molar-refractivity contribution >= 4 is 0 Å². The third kappa shape index (κ3) is 3.46. The first-order valence-corrected chi connectivity index (χ1v) is 3.43. The fourth-order valence-electron chi connectivity index (χ4n) is 0.925. The molecule has 0 aliphatic rings. The summed E-state index contributed by atoms with van der Waals surface area (Å²) in [5.74, 6) is -1.90. The summed E-state index contributed by atoms with van der Waals surface area (Å²) >= 11 is 0. The summed E-state index contributed by atoms with van der Waals surface area (Å²) in [7, 11) is 0. The average Bonchev–Trinajstić information content (AvgIpc) is 1.78. The van der Waals surface area contributed by atoms with Gasteiger partial charge in [-0.05, 0) is 0 Å². The predicted molar refractivity (Wildman–Crippen MR) is 37.0 cm³/mol. The molecule has 0 aliphatic carbocycles. The van der Waals surface area contributed by atoms with Crippen LogP contribution in [0.15, 0.2) is 0 Å². The highest BCUT2D eigenvalue weighted by atomic mass is 19.4. The van der Waals surface area contributed by atoms with Crippen molar-refractivity contribution in [2.45, 2.75) is 24.8 Å². The largest absolute Gasteiger partial charge is 0.402 e. The number of alkyl halides is 6. The second-order valence-electron chi connectivity index (χ2n) is 2.63. The number of terminal acetylenes is 1. The fourth-order valence-corrected chi connectivity index (χ4v) is 0.925. The molecule has 0 heterocycles. The van der Waals surface area contributed by atoms with E-state index in [4.69, 9.17) is 5.73 Å². The van der Waals surface area contributed by atoms with E-state index in [-0.39, 0.29) is 0 Å². The van der Waals surface area contributed by atoms with Crippen molar-refractivity contribution in [3.05, 3.63) is 0 Å². The molecule has 7 heteroatoms. The highest BCUT2D eigenvalue weighted by Crippen LogP contribution is 2.41. The maximum absolute atomic E-state index is 11.9. The van der Waals surface area contributed by atoms with Crippen molar-refractivity contribution in [1.29, 1.82) is 0 Å². The molecule has 0 spiro atoms. The SMILES string of the molecule is C#CCC(N)C(C(F)(F)F)C(F)(F)F. The van der Waals surface area contributed by atoms with E-state index in [9.17, 15) is 26.3 Å². The summed E-state index contributed by atoms with van der Waals surface area (Å²) < 4.78 is 71.5. The third-order valence-corrected chi connectivity index (χ3v) is 1.49. The standard InChI is InChI=1S/C7H7F6N/c1-2-3-4(14)5(6(8,9)10)7(11,12)13/h1,4-5H,3,14H2. The van der Waals surface area contributed by atoms with E-state index in [0.29, 0.717) is 0 Å². The molecular formula is C7H7F6N. The quantitative estimate of drug-likeness (QED) is 0.558. The zero-order valence-electron chi connectivity index (χ0n) is 6.78. The highest BCUT2D eigenvalue weighted by molar-refractivity contribution is 4.95. The van der Waals surface area contributed by atoms with Gasteiger partial charge in [0.2, 0.25) is 0 Å². The summed E-state index contributed by atoms with van der Waals surface area (Å²) in [6.45, 7) is 0. The Bertz CT molecular complexity index is 208. The first kappa shape index (κ1) is 13.1. The highest BCUT2D eigenvalue weighted by Gasteiger charge is 2.59. The van der Waals surface area contributed by atoms with E-state index in [1.54, 1.807) is 5.92 Å². The average molecular weight is 219 g/mol. The molecule has 82 valence electrons. The molecule has 0 aromatic heterocycles. The molecule has 1 unspecified atom stereocenters. The Balaban J connectivity index is 4.86. The predicted octanol–water partition coefficient (Wildman–Crippen LogP) is 2.08. The van der Waals surface area contributed by atoms with Crippen LogP contribution >= 0.6 is 0 Å². The molecule has 14 heavy (non-hydrogen) atoms. The van der Waals surface area contributed by atoms with Crippen LogP contribution in [0.3, 0.4) is 0 Å². The van der Waals surface area contributed by atoms with Gasteiger partial charge in [0.25, 0.3) is 0 Å². The minimum absolute atomic E-state index is 0.774. The molecule has 0 saturated heterocycles. The Hall–Kier alpha value is -0.900. The Morgan fingerprint density at radius 3 is 1.64 bits per heavy atom. The molecule has 0 radical (unpaired) electrons. The molecule has 0 rings (SSSR count). The first-order chi connectivity index (χ1) is 6.10. The van der Waals surface area contributed by atoms with Gasteiger partial charge in [-0.2, -0.15) is 26.3 Å². The van der Waals surface area contributed by atoms with E-state index in [0.717, 1.165) is 0 Å². The van der Waals surface area contributed by atoms with Crippen molar-refractivity contribution in [3.63, 3.8) is 0 Å². The maximum atomic E-state index is 11.9. The van der Waals surface area contributed by atoms with E-state index >= 15 is 0 Å². The smallest absolute Gasteiger partial charge is 0.326 e. The summed E-state index contributed by atoms with van der Waals surface area (Å²) in [5.41, 5.74) is 4.72. The lowest BCUT2D eigenvalue weighted by Gasteiger charge is -2.26. The monoisotopic (exact) mass is 219 g/mol. The van der Waals surface area contributed by atoms with Crippen LogP contribution in [-0.2, 0) is 0 Å². The van der Waals surface area contributed by atoms with Gasteiger partial charge >= 0.3 is 12.4 Å². The topological polar surface area (TPSA) is 26.0 Å². The molecule has 0 amide bonds. The van der Waals surface area contributed by atoms with E-state index in [1.807, 2.05) is 0 Å². The number of hydrogen-bond donors (Lipinski definition) is 1. The number of nitrogens with two attached hydrogens (primary N) is 1. The summed E-state index contributed by atoms with van der Waals surface area (Å²) in [6.07, 6.45) is -7.03. The molecule has 0 aliphatic heterocycles. The van der Waals surface area contributed by atoms with Gasteiger partial charge in [0.05, 0.1) is 0 Å². The van der Waals surface area contributed by atoms with E-state index < -0.39 is 30.7 Å². The van der Waals surface area contributed by atoms with Crippen molar-refractivity contribution < 1.29 is 26.3 Å². The first-order valence-electron chi connectivity index (χ1n) is 3.43. The van der Waals surface area contributed by atoms with Gasteiger partial charge in [-0.15, -0.1) is 12.3 Å². The summed E-state index contributed by atoms with van der Waals surface area (Å²) in [5, 5.41) is 0. The van der Waals surface area contributed by atoms with Gasteiger partial charge in [-0.1, -0.05) is 0 Å². The number of hydrogen-bond acceptors (Lipinski definition) is 1. The van der Waals surface area contributed by atoms with Crippen LogP contribution in [0.4, 0.5) is 26.3 Å². The maximum Gasteiger partial charge on any atom is 0.402 e. The van der Waals surface area contributed by atoms with Crippen LogP contribution in [-0.4, -0.2) is 18.4 Å². The molecule has 0 saturated carbocycles. The van der Waals surface area contributed by atoms with Crippen LogP contribution in [0.25, 0.3) is 0 Å². The lowest BCUT2D eigenvalue weighted by molar-refractivity contribution is -0.289. The number of halogens is 6. The van der Waals surface area contributed by atoms with Crippen molar-refractivity contribution in [1.82, 2.24) is 0 Å². The van der Waals surface area contributed by atoms with Crippen LogP contribution in [0.1, 0.15) is 6.42 Å². The van der Waals surface area contributed by atoms with Crippen LogP contribution in [0, 0.1) is 18.3 Å². The zero-order valence-corrected chi connectivity index (χ0v) is 6.78. The van der Waals surface area contributed by atoms with Gasteiger partial charge in [0, 0.05) is 12.5 Å². The molecular weight excluding hydrogens is 212 g/mol. The van der Waals surface area contributed by atoms with Gasteiger partial charge in [0.1, 0.15) is 0 Å². The third-order valence-electron chi connectivity index (χ3n) is 1.49. The second-order valence-corrected chi connectivity index (χ2v) is 2.63. The molecule has 0 aromatic carbocycles. The Morgan fingerprint density at radius 2 is 1.43 bits per heavy atom. The normalized spacial score (nSPS) is 15.4. The molecule has 0 aromatic rings. The minimum atomic E-state index is -5.42. The van der Waals surface area contributed by atoms with Gasteiger partial charge in [-0.3, -0.25) is 0 Å². The Kier molecular flexibility index (Phi) is 3.82. The van der Waals surface area contributed by atoms with Gasteiger partial charge in [0.15, 0.2) is 5.92 Å². The Labute approximate surface area is 76.3 Å². The van der Waals surface area contributed by atoms with E-state index in [2.05, 4.69) is 6.42 Å². The molecule has 2 N–H and O–H groups in total.